The first-order valence-electron chi connectivity index (χ1n) is 9.39. The van der Waals surface area contributed by atoms with Crippen LogP contribution in [0.3, 0.4) is 0 Å². The molecule has 4 heteroatoms. The number of ether oxygens (including phenoxy) is 2. The van der Waals surface area contributed by atoms with Crippen molar-refractivity contribution >= 4 is 5.91 Å². The highest BCUT2D eigenvalue weighted by molar-refractivity contribution is 5.82. The van der Waals surface area contributed by atoms with Crippen molar-refractivity contribution in [2.45, 2.75) is 37.8 Å². The molecule has 1 saturated heterocycles. The monoisotopic (exact) mass is 351 g/mol. The average molecular weight is 351 g/mol. The van der Waals surface area contributed by atoms with E-state index in [1.54, 1.807) is 7.11 Å². The van der Waals surface area contributed by atoms with E-state index in [0.717, 1.165) is 38.0 Å². The van der Waals surface area contributed by atoms with E-state index in [1.165, 1.54) is 16.7 Å². The summed E-state index contributed by atoms with van der Waals surface area (Å²) in [5.41, 5.74) is 3.75. The van der Waals surface area contributed by atoms with Crippen LogP contribution in [0.1, 0.15) is 35.6 Å². The Morgan fingerprint density at radius 2 is 2.08 bits per heavy atom. The standard InChI is InChI=1S/C22H25NO3/c1-25-18-9-10-19-17(15-18)11-12-23(22(24)21-8-5-13-26-21)20(19)14-16-6-3-2-4-7-16/h2-4,6-7,9-10,15,20-21H,5,8,11-14H2,1H3. The van der Waals surface area contributed by atoms with Gasteiger partial charge in [-0.3, -0.25) is 4.79 Å². The zero-order valence-corrected chi connectivity index (χ0v) is 15.2. The lowest BCUT2D eigenvalue weighted by Gasteiger charge is -2.39. The van der Waals surface area contributed by atoms with Gasteiger partial charge in [-0.05, 0) is 54.5 Å². The highest BCUT2D eigenvalue weighted by Crippen LogP contribution is 2.35. The summed E-state index contributed by atoms with van der Waals surface area (Å²) in [4.78, 5) is 15.1. The van der Waals surface area contributed by atoms with Gasteiger partial charge in [0.2, 0.25) is 0 Å². The summed E-state index contributed by atoms with van der Waals surface area (Å²) in [5.74, 6) is 1.02. The van der Waals surface area contributed by atoms with E-state index in [4.69, 9.17) is 9.47 Å². The minimum Gasteiger partial charge on any atom is -0.497 e. The Morgan fingerprint density at radius 3 is 2.81 bits per heavy atom. The van der Waals surface area contributed by atoms with Crippen LogP contribution in [-0.4, -0.2) is 37.2 Å². The number of nitrogens with zero attached hydrogens (tertiary/aromatic N) is 1. The maximum absolute atomic E-state index is 13.1. The van der Waals surface area contributed by atoms with E-state index >= 15 is 0 Å². The van der Waals surface area contributed by atoms with Gasteiger partial charge in [-0.15, -0.1) is 0 Å². The van der Waals surface area contributed by atoms with E-state index in [9.17, 15) is 4.79 Å². The molecule has 2 aromatic carbocycles. The van der Waals surface area contributed by atoms with Crippen LogP contribution in [0.25, 0.3) is 0 Å². The second-order valence-electron chi connectivity index (χ2n) is 7.05. The van der Waals surface area contributed by atoms with E-state index in [0.29, 0.717) is 6.61 Å². The van der Waals surface area contributed by atoms with Crippen molar-refractivity contribution in [3.05, 3.63) is 65.2 Å². The molecule has 2 aliphatic heterocycles. The molecular formula is C22H25NO3. The summed E-state index contributed by atoms with van der Waals surface area (Å²) in [6.07, 6.45) is 3.21. The summed E-state index contributed by atoms with van der Waals surface area (Å²) in [6, 6.07) is 16.7. The normalized spacial score (nSPS) is 22.1. The molecule has 1 amide bonds. The first-order chi connectivity index (χ1) is 12.8. The lowest BCUT2D eigenvalue weighted by molar-refractivity contribution is -0.144. The summed E-state index contributed by atoms with van der Waals surface area (Å²) in [6.45, 7) is 1.43. The molecule has 0 aliphatic carbocycles. The van der Waals surface area contributed by atoms with Crippen molar-refractivity contribution in [1.82, 2.24) is 4.90 Å². The minimum atomic E-state index is -0.270. The van der Waals surface area contributed by atoms with Gasteiger partial charge >= 0.3 is 0 Å². The van der Waals surface area contributed by atoms with Crippen molar-refractivity contribution in [2.24, 2.45) is 0 Å². The van der Waals surface area contributed by atoms with Crippen LogP contribution in [0.15, 0.2) is 48.5 Å². The summed E-state index contributed by atoms with van der Waals surface area (Å²) >= 11 is 0. The van der Waals surface area contributed by atoms with Gasteiger partial charge in [0, 0.05) is 13.2 Å². The highest BCUT2D eigenvalue weighted by atomic mass is 16.5. The quantitative estimate of drug-likeness (QED) is 0.846. The lowest BCUT2D eigenvalue weighted by atomic mass is 9.88. The molecular weight excluding hydrogens is 326 g/mol. The predicted octanol–water partition coefficient (Wildman–Crippen LogP) is 3.54. The van der Waals surface area contributed by atoms with Crippen molar-refractivity contribution in [1.29, 1.82) is 0 Å². The second-order valence-corrected chi connectivity index (χ2v) is 7.05. The van der Waals surface area contributed by atoms with Gasteiger partial charge in [0.25, 0.3) is 5.91 Å². The van der Waals surface area contributed by atoms with Gasteiger partial charge in [0.1, 0.15) is 11.9 Å². The molecule has 2 atom stereocenters. The number of hydrogen-bond acceptors (Lipinski definition) is 3. The van der Waals surface area contributed by atoms with Crippen LogP contribution < -0.4 is 4.74 Å². The first-order valence-corrected chi connectivity index (χ1v) is 9.39. The van der Waals surface area contributed by atoms with Crippen LogP contribution >= 0.6 is 0 Å². The van der Waals surface area contributed by atoms with Crippen LogP contribution in [0, 0.1) is 0 Å². The first kappa shape index (κ1) is 17.1. The third kappa shape index (κ3) is 3.34. The van der Waals surface area contributed by atoms with Gasteiger partial charge in [0.05, 0.1) is 13.2 Å². The molecule has 2 unspecified atom stereocenters. The molecule has 2 aromatic rings. The Hall–Kier alpha value is -2.33. The Bertz CT molecular complexity index is 768. The molecule has 4 rings (SSSR count). The number of amides is 1. The molecule has 0 radical (unpaired) electrons. The molecule has 2 aliphatic rings. The topological polar surface area (TPSA) is 38.8 Å². The van der Waals surface area contributed by atoms with Gasteiger partial charge < -0.3 is 14.4 Å². The largest absolute Gasteiger partial charge is 0.497 e. The second kappa shape index (κ2) is 7.50. The number of carbonyl (C=O) groups is 1. The fourth-order valence-corrected chi connectivity index (χ4v) is 4.09. The molecule has 1 fully saturated rings. The number of carbonyl (C=O) groups excluding carboxylic acids is 1. The van der Waals surface area contributed by atoms with Gasteiger partial charge in [-0.25, -0.2) is 0 Å². The Balaban J connectivity index is 1.67. The number of hydrogen-bond donors (Lipinski definition) is 0. The maximum Gasteiger partial charge on any atom is 0.252 e. The van der Waals surface area contributed by atoms with Crippen molar-refractivity contribution < 1.29 is 14.3 Å². The van der Waals surface area contributed by atoms with Crippen LogP contribution in [0.5, 0.6) is 5.75 Å². The zero-order chi connectivity index (χ0) is 17.9. The van der Waals surface area contributed by atoms with E-state index < -0.39 is 0 Å². The third-order valence-electron chi connectivity index (χ3n) is 5.47. The highest BCUT2D eigenvalue weighted by Gasteiger charge is 2.36. The molecule has 0 saturated carbocycles. The van der Waals surface area contributed by atoms with Gasteiger partial charge in [-0.2, -0.15) is 0 Å². The van der Waals surface area contributed by atoms with E-state index in [-0.39, 0.29) is 18.1 Å². The van der Waals surface area contributed by atoms with Crippen molar-refractivity contribution in [3.63, 3.8) is 0 Å². The minimum absolute atomic E-state index is 0.0451. The van der Waals surface area contributed by atoms with Crippen LogP contribution in [-0.2, 0) is 22.4 Å². The van der Waals surface area contributed by atoms with Gasteiger partial charge in [-0.1, -0.05) is 36.4 Å². The predicted molar refractivity (Wildman–Crippen MR) is 100 cm³/mol. The summed E-state index contributed by atoms with van der Waals surface area (Å²) in [5, 5.41) is 0. The molecule has 0 N–H and O–H groups in total. The Labute approximate surface area is 154 Å². The number of benzene rings is 2. The smallest absolute Gasteiger partial charge is 0.252 e. The molecule has 0 spiro atoms. The SMILES string of the molecule is COc1ccc2c(c1)CCN(C(=O)C1CCCO1)C2Cc1ccccc1. The van der Waals surface area contributed by atoms with Crippen LogP contribution in [0.4, 0.5) is 0 Å². The molecule has 0 aromatic heterocycles. The summed E-state index contributed by atoms with van der Waals surface area (Å²) < 4.78 is 11.1. The number of methoxy groups -OCH3 is 1. The lowest BCUT2D eigenvalue weighted by Crippen LogP contribution is -2.45. The number of rotatable bonds is 4. The van der Waals surface area contributed by atoms with Gasteiger partial charge in [0.15, 0.2) is 0 Å². The molecule has 26 heavy (non-hydrogen) atoms. The Kier molecular flexibility index (Phi) is 4.93. The average Bonchev–Trinajstić information content (AvgIpc) is 3.23. The zero-order valence-electron chi connectivity index (χ0n) is 15.2. The Morgan fingerprint density at radius 1 is 1.23 bits per heavy atom. The third-order valence-corrected chi connectivity index (χ3v) is 5.47. The molecule has 4 nitrogen and oxygen atoms in total. The summed E-state index contributed by atoms with van der Waals surface area (Å²) in [7, 11) is 1.69. The van der Waals surface area contributed by atoms with Crippen molar-refractivity contribution in [3.8, 4) is 5.75 Å². The van der Waals surface area contributed by atoms with E-state index in [1.807, 2.05) is 17.0 Å². The number of fused-ring (bicyclic) bond motifs is 1. The maximum atomic E-state index is 13.1. The molecule has 0 bridgehead atoms. The molecule has 2 heterocycles. The van der Waals surface area contributed by atoms with Crippen molar-refractivity contribution in [2.75, 3.05) is 20.3 Å². The van der Waals surface area contributed by atoms with E-state index in [2.05, 4.69) is 36.4 Å². The molecule has 136 valence electrons. The fraction of sp³-hybridized carbons (Fsp3) is 0.409. The fourth-order valence-electron chi connectivity index (χ4n) is 4.09. The van der Waals surface area contributed by atoms with Crippen LogP contribution in [0.2, 0.25) is 0 Å².